The van der Waals surface area contributed by atoms with Crippen LogP contribution in [-0.2, 0) is 0 Å². The number of likely N-dealkylation sites (tertiary alicyclic amines) is 1. The minimum atomic E-state index is -1.72. The van der Waals surface area contributed by atoms with Crippen molar-refractivity contribution in [1.82, 2.24) is 4.90 Å². The molecule has 3 aromatic carbocycles. The van der Waals surface area contributed by atoms with Gasteiger partial charge in [0.15, 0.2) is 22.9 Å². The Hall–Kier alpha value is -4.17. The van der Waals surface area contributed by atoms with Crippen LogP contribution in [0.5, 0.6) is 5.75 Å². The summed E-state index contributed by atoms with van der Waals surface area (Å²) in [7, 11) is 1.66. The average molecular weight is 456 g/mol. The van der Waals surface area contributed by atoms with Crippen LogP contribution in [-0.4, -0.2) is 51.4 Å². The van der Waals surface area contributed by atoms with Crippen LogP contribution < -0.4 is 0 Å². The van der Waals surface area contributed by atoms with Crippen LogP contribution in [0.25, 0.3) is 0 Å². The molecule has 5 rings (SSSR count). The van der Waals surface area contributed by atoms with Gasteiger partial charge in [-0.25, -0.2) is 0 Å². The van der Waals surface area contributed by atoms with Gasteiger partial charge in [-0.3, -0.25) is 29.4 Å². The second kappa shape index (κ2) is 7.71. The molecule has 2 aliphatic rings. The van der Waals surface area contributed by atoms with Crippen LogP contribution in [0.3, 0.4) is 0 Å². The molecule has 2 unspecified atom stereocenters. The van der Waals surface area contributed by atoms with Gasteiger partial charge in [-0.1, -0.05) is 36.4 Å². The van der Waals surface area contributed by atoms with E-state index in [1.165, 1.54) is 36.4 Å². The minimum Gasteiger partial charge on any atom is -0.508 e. The fourth-order valence-corrected chi connectivity index (χ4v) is 5.41. The first-order chi connectivity index (χ1) is 16.3. The predicted molar refractivity (Wildman–Crippen MR) is 122 cm³/mol. The first kappa shape index (κ1) is 21.7. The molecule has 3 aromatic rings. The van der Waals surface area contributed by atoms with Gasteiger partial charge in [0.05, 0.1) is 10.8 Å². The molecule has 0 amide bonds. The molecular formula is C26H20N2O6. The molecule has 1 aliphatic carbocycles. The van der Waals surface area contributed by atoms with Crippen molar-refractivity contribution in [3.63, 3.8) is 0 Å². The molecule has 1 fully saturated rings. The summed E-state index contributed by atoms with van der Waals surface area (Å²) in [5.41, 5.74) is -0.347. The quantitative estimate of drug-likeness (QED) is 0.276. The molecular weight excluding hydrogens is 436 g/mol. The molecule has 1 N–H and O–H groups in total. The number of fused-ring (bicyclic) bond motifs is 1. The third-order valence-corrected chi connectivity index (χ3v) is 7.00. The summed E-state index contributed by atoms with van der Waals surface area (Å²) in [4.78, 5) is 53.8. The molecule has 1 spiro atoms. The van der Waals surface area contributed by atoms with Gasteiger partial charge >= 0.3 is 0 Å². The molecule has 0 bridgehead atoms. The van der Waals surface area contributed by atoms with E-state index in [1.807, 2.05) is 0 Å². The Kier molecular flexibility index (Phi) is 4.91. The first-order valence-corrected chi connectivity index (χ1v) is 10.7. The maximum Gasteiger partial charge on any atom is 0.269 e. The number of phenolic OH excluding ortho intramolecular Hbond substituents is 1. The first-order valence-electron chi connectivity index (χ1n) is 10.7. The predicted octanol–water partition coefficient (Wildman–Crippen LogP) is 3.65. The Balaban J connectivity index is 1.69. The summed E-state index contributed by atoms with van der Waals surface area (Å²) in [6.45, 7) is 0.234. The highest BCUT2D eigenvalue weighted by molar-refractivity contribution is 6.35. The van der Waals surface area contributed by atoms with Crippen molar-refractivity contribution in [1.29, 1.82) is 0 Å². The zero-order valence-corrected chi connectivity index (χ0v) is 18.2. The monoisotopic (exact) mass is 456 g/mol. The van der Waals surface area contributed by atoms with Crippen molar-refractivity contribution in [2.24, 2.45) is 5.92 Å². The van der Waals surface area contributed by atoms with Gasteiger partial charge in [-0.05, 0) is 36.9 Å². The number of rotatable bonds is 4. The van der Waals surface area contributed by atoms with Crippen molar-refractivity contribution in [2.75, 3.05) is 13.6 Å². The topological polar surface area (TPSA) is 118 Å². The zero-order valence-electron chi connectivity index (χ0n) is 18.2. The number of nitrogens with zero attached hydrogens (tertiary/aromatic N) is 2. The van der Waals surface area contributed by atoms with Crippen LogP contribution >= 0.6 is 0 Å². The fraction of sp³-hybridized carbons (Fsp3) is 0.192. The largest absolute Gasteiger partial charge is 0.508 e. The number of non-ortho nitro benzene ring substituents is 1. The van der Waals surface area contributed by atoms with Crippen molar-refractivity contribution < 1.29 is 24.4 Å². The van der Waals surface area contributed by atoms with Gasteiger partial charge in [-0.15, -0.1) is 0 Å². The molecule has 1 heterocycles. The highest BCUT2D eigenvalue weighted by atomic mass is 16.6. The molecule has 0 aromatic heterocycles. The molecule has 0 radical (unpaired) electrons. The summed E-state index contributed by atoms with van der Waals surface area (Å²) < 4.78 is 0. The van der Waals surface area contributed by atoms with Crippen molar-refractivity contribution >= 4 is 23.0 Å². The van der Waals surface area contributed by atoms with E-state index in [0.717, 1.165) is 0 Å². The Bertz CT molecular complexity index is 1310. The van der Waals surface area contributed by atoms with Gasteiger partial charge in [0.25, 0.3) is 5.69 Å². The van der Waals surface area contributed by atoms with Crippen molar-refractivity contribution in [3.05, 3.63) is 105 Å². The van der Waals surface area contributed by atoms with Crippen LogP contribution in [0.15, 0.2) is 72.8 Å². The van der Waals surface area contributed by atoms with Gasteiger partial charge in [0, 0.05) is 41.3 Å². The summed E-state index contributed by atoms with van der Waals surface area (Å²) in [5, 5.41) is 20.8. The highest BCUT2D eigenvalue weighted by Crippen LogP contribution is 2.51. The highest BCUT2D eigenvalue weighted by Gasteiger charge is 2.67. The van der Waals surface area contributed by atoms with Gasteiger partial charge in [0.1, 0.15) is 5.75 Å². The lowest BCUT2D eigenvalue weighted by Crippen LogP contribution is -2.57. The number of ketones is 3. The van der Waals surface area contributed by atoms with E-state index in [-0.39, 0.29) is 34.7 Å². The second-order valence-corrected chi connectivity index (χ2v) is 8.69. The van der Waals surface area contributed by atoms with Crippen LogP contribution in [0, 0.1) is 16.0 Å². The number of hydrogen-bond donors (Lipinski definition) is 1. The molecule has 8 heteroatoms. The second-order valence-electron chi connectivity index (χ2n) is 8.69. The summed E-state index contributed by atoms with van der Waals surface area (Å²) >= 11 is 0. The molecule has 1 aliphatic heterocycles. The lowest BCUT2D eigenvalue weighted by Gasteiger charge is -2.34. The van der Waals surface area contributed by atoms with E-state index in [2.05, 4.69) is 0 Å². The van der Waals surface area contributed by atoms with Crippen molar-refractivity contribution in [3.8, 4) is 5.75 Å². The van der Waals surface area contributed by atoms with Gasteiger partial charge < -0.3 is 5.11 Å². The Morgan fingerprint density at radius 3 is 2.06 bits per heavy atom. The number of Topliss-reactive ketones (excluding diaryl/α,β-unsaturated/α-hetero) is 3. The number of carbonyl (C=O) groups is 3. The molecule has 0 saturated carbocycles. The van der Waals surface area contributed by atoms with E-state index < -0.39 is 39.6 Å². The lowest BCUT2D eigenvalue weighted by molar-refractivity contribution is -0.384. The number of nitro groups is 1. The number of nitro benzene ring substituents is 1. The zero-order chi connectivity index (χ0) is 24.2. The normalized spacial score (nSPS) is 21.1. The third kappa shape index (κ3) is 2.92. The van der Waals surface area contributed by atoms with E-state index in [9.17, 15) is 29.6 Å². The summed E-state index contributed by atoms with van der Waals surface area (Å²) in [6.07, 6.45) is 0. The number of aromatic hydroxyl groups is 1. The minimum absolute atomic E-state index is 0.0119. The molecule has 8 nitrogen and oxygen atoms in total. The number of carbonyl (C=O) groups excluding carboxylic acids is 3. The number of benzene rings is 3. The summed E-state index contributed by atoms with van der Waals surface area (Å²) in [5.74, 6) is -2.87. The lowest BCUT2D eigenvalue weighted by atomic mass is 9.70. The van der Waals surface area contributed by atoms with E-state index in [4.69, 9.17) is 0 Å². The van der Waals surface area contributed by atoms with Crippen LogP contribution in [0.4, 0.5) is 5.69 Å². The summed E-state index contributed by atoms with van der Waals surface area (Å²) in [6, 6.07) is 18.1. The van der Waals surface area contributed by atoms with E-state index in [0.29, 0.717) is 5.56 Å². The van der Waals surface area contributed by atoms with E-state index >= 15 is 0 Å². The van der Waals surface area contributed by atoms with Crippen LogP contribution in [0.2, 0.25) is 0 Å². The third-order valence-electron chi connectivity index (χ3n) is 7.00. The Morgan fingerprint density at radius 1 is 0.971 bits per heavy atom. The molecule has 34 heavy (non-hydrogen) atoms. The number of hydrogen-bond acceptors (Lipinski definition) is 7. The average Bonchev–Trinajstić information content (AvgIpc) is 3.27. The van der Waals surface area contributed by atoms with Gasteiger partial charge in [0.2, 0.25) is 0 Å². The standard InChI is InChI=1S/C26H20N2O6/c1-27-14-21(15-6-10-17(11-7-15)28(33)34)22(23(30)16-8-12-18(29)13-9-16)26(27)24(31)19-4-2-3-5-20(19)25(26)32/h2-13,21-22,29H,14H2,1H3. The van der Waals surface area contributed by atoms with E-state index in [1.54, 1.807) is 48.3 Å². The maximum absolute atomic E-state index is 13.9. The number of phenols is 1. The number of likely N-dealkylation sites (N-methyl/N-ethyl adjacent to an activating group) is 1. The maximum atomic E-state index is 13.9. The Labute approximate surface area is 194 Å². The van der Waals surface area contributed by atoms with Crippen LogP contribution in [0.1, 0.15) is 42.6 Å². The van der Waals surface area contributed by atoms with Crippen molar-refractivity contribution in [2.45, 2.75) is 11.5 Å². The molecule has 170 valence electrons. The fourth-order valence-electron chi connectivity index (χ4n) is 5.41. The molecule has 2 atom stereocenters. The molecule has 1 saturated heterocycles. The smallest absolute Gasteiger partial charge is 0.269 e. The Morgan fingerprint density at radius 2 is 1.53 bits per heavy atom. The van der Waals surface area contributed by atoms with Gasteiger partial charge in [-0.2, -0.15) is 0 Å². The SMILES string of the molecule is CN1CC(c2ccc([N+](=O)[O-])cc2)C(C(=O)c2ccc(O)cc2)C12C(=O)c1ccccc1C2=O.